The molecule has 1 unspecified atom stereocenters. The topological polar surface area (TPSA) is 104 Å². The van der Waals surface area contributed by atoms with Crippen LogP contribution < -0.4 is 4.31 Å². The van der Waals surface area contributed by atoms with Crippen LogP contribution in [0.15, 0.2) is 53.4 Å². The van der Waals surface area contributed by atoms with Gasteiger partial charge >= 0.3 is 0 Å². The van der Waals surface area contributed by atoms with Crippen LogP contribution in [-0.4, -0.2) is 55.6 Å². The van der Waals surface area contributed by atoms with Crippen LogP contribution >= 0.6 is 0 Å². The molecule has 162 valence electrons. The SMILES string of the molecule is Cc1ccc(S(=O)(=O)N(CC(O)CN2CCCCC2)c2ccccc2[N+](=O)[O-])cc1. The summed E-state index contributed by atoms with van der Waals surface area (Å²) in [5.41, 5.74) is 0.524. The summed E-state index contributed by atoms with van der Waals surface area (Å²) in [6.45, 7) is 3.61. The van der Waals surface area contributed by atoms with E-state index in [1.165, 1.54) is 30.3 Å². The Labute approximate surface area is 176 Å². The predicted octanol–water partition coefficient (Wildman–Crippen LogP) is 2.95. The van der Waals surface area contributed by atoms with Crippen molar-refractivity contribution >= 4 is 21.4 Å². The van der Waals surface area contributed by atoms with E-state index in [1.54, 1.807) is 18.2 Å². The second-order valence-corrected chi connectivity index (χ2v) is 9.47. The molecule has 9 heteroatoms. The van der Waals surface area contributed by atoms with Crippen LogP contribution in [0.4, 0.5) is 11.4 Å². The summed E-state index contributed by atoms with van der Waals surface area (Å²) in [6.07, 6.45) is 2.25. The average Bonchev–Trinajstić information content (AvgIpc) is 2.73. The molecule has 1 N–H and O–H groups in total. The normalized spacial score (nSPS) is 16.2. The summed E-state index contributed by atoms with van der Waals surface area (Å²) in [5.74, 6) is 0. The van der Waals surface area contributed by atoms with Crippen LogP contribution in [0, 0.1) is 17.0 Å². The van der Waals surface area contributed by atoms with Gasteiger partial charge in [0, 0.05) is 12.6 Å². The van der Waals surface area contributed by atoms with Gasteiger partial charge in [-0.05, 0) is 51.1 Å². The van der Waals surface area contributed by atoms with Gasteiger partial charge in [0.2, 0.25) is 0 Å². The third-order valence-electron chi connectivity index (χ3n) is 5.25. The van der Waals surface area contributed by atoms with Gasteiger partial charge in [0.25, 0.3) is 15.7 Å². The van der Waals surface area contributed by atoms with E-state index < -0.39 is 21.1 Å². The molecule has 0 spiro atoms. The lowest BCUT2D eigenvalue weighted by Crippen LogP contribution is -2.44. The van der Waals surface area contributed by atoms with Crippen molar-refractivity contribution in [2.24, 2.45) is 0 Å². The molecule has 0 aromatic heterocycles. The van der Waals surface area contributed by atoms with Gasteiger partial charge in [-0.25, -0.2) is 8.42 Å². The van der Waals surface area contributed by atoms with Crippen molar-refractivity contribution in [2.45, 2.75) is 37.2 Å². The van der Waals surface area contributed by atoms with E-state index in [9.17, 15) is 23.6 Å². The molecule has 1 atom stereocenters. The number of nitrogens with zero attached hydrogens (tertiary/aromatic N) is 3. The Morgan fingerprint density at radius 2 is 1.73 bits per heavy atom. The number of aliphatic hydroxyl groups excluding tert-OH is 1. The second kappa shape index (κ2) is 9.55. The maximum Gasteiger partial charge on any atom is 0.293 e. The van der Waals surface area contributed by atoms with E-state index in [4.69, 9.17) is 0 Å². The van der Waals surface area contributed by atoms with E-state index in [-0.39, 0.29) is 22.8 Å². The average molecular weight is 434 g/mol. The number of nitro benzene ring substituents is 1. The molecule has 0 aliphatic carbocycles. The van der Waals surface area contributed by atoms with Gasteiger partial charge < -0.3 is 10.0 Å². The molecule has 0 radical (unpaired) electrons. The fourth-order valence-corrected chi connectivity index (χ4v) is 5.20. The number of aryl methyl sites for hydroxylation is 1. The largest absolute Gasteiger partial charge is 0.390 e. The Balaban J connectivity index is 1.96. The van der Waals surface area contributed by atoms with Crippen molar-refractivity contribution in [1.82, 2.24) is 4.90 Å². The third kappa shape index (κ3) is 5.16. The summed E-state index contributed by atoms with van der Waals surface area (Å²) in [6, 6.07) is 12.0. The minimum atomic E-state index is -4.11. The molecule has 2 aromatic carbocycles. The lowest BCUT2D eigenvalue weighted by Gasteiger charge is -2.31. The Morgan fingerprint density at radius 1 is 1.10 bits per heavy atom. The van der Waals surface area contributed by atoms with Gasteiger partial charge in [-0.2, -0.15) is 0 Å². The maximum atomic E-state index is 13.4. The first-order valence-corrected chi connectivity index (χ1v) is 11.5. The zero-order valence-corrected chi connectivity index (χ0v) is 17.8. The van der Waals surface area contributed by atoms with Crippen LogP contribution in [0.3, 0.4) is 0 Å². The van der Waals surface area contributed by atoms with E-state index in [0.29, 0.717) is 6.54 Å². The molecule has 1 aliphatic heterocycles. The van der Waals surface area contributed by atoms with Gasteiger partial charge in [-0.3, -0.25) is 14.4 Å². The number of rotatable bonds is 8. The Morgan fingerprint density at radius 3 is 2.37 bits per heavy atom. The predicted molar refractivity (Wildman–Crippen MR) is 115 cm³/mol. The minimum Gasteiger partial charge on any atom is -0.390 e. The van der Waals surface area contributed by atoms with Crippen LogP contribution in [0.25, 0.3) is 0 Å². The first kappa shape index (κ1) is 22.2. The van der Waals surface area contributed by atoms with Gasteiger partial charge in [0.05, 0.1) is 22.5 Å². The number of benzene rings is 2. The lowest BCUT2D eigenvalue weighted by molar-refractivity contribution is -0.384. The number of likely N-dealkylation sites (tertiary alicyclic amines) is 1. The third-order valence-corrected chi connectivity index (χ3v) is 7.04. The Hall–Kier alpha value is -2.49. The summed E-state index contributed by atoms with van der Waals surface area (Å²) in [5, 5.41) is 22.2. The molecule has 0 bridgehead atoms. The highest BCUT2D eigenvalue weighted by Crippen LogP contribution is 2.32. The highest BCUT2D eigenvalue weighted by Gasteiger charge is 2.32. The number of piperidine rings is 1. The van der Waals surface area contributed by atoms with Crippen LogP contribution in [-0.2, 0) is 10.0 Å². The van der Waals surface area contributed by atoms with Crippen LogP contribution in [0.2, 0.25) is 0 Å². The monoisotopic (exact) mass is 433 g/mol. The molecule has 0 amide bonds. The molecule has 1 fully saturated rings. The highest BCUT2D eigenvalue weighted by atomic mass is 32.2. The zero-order chi connectivity index (χ0) is 21.7. The van der Waals surface area contributed by atoms with Gasteiger partial charge in [-0.1, -0.05) is 36.2 Å². The highest BCUT2D eigenvalue weighted by molar-refractivity contribution is 7.92. The fraction of sp³-hybridized carbons (Fsp3) is 0.429. The van der Waals surface area contributed by atoms with E-state index >= 15 is 0 Å². The van der Waals surface area contributed by atoms with E-state index in [1.807, 2.05) is 6.92 Å². The number of anilines is 1. The van der Waals surface area contributed by atoms with Crippen molar-refractivity contribution in [2.75, 3.05) is 30.5 Å². The van der Waals surface area contributed by atoms with Crippen molar-refractivity contribution in [3.05, 3.63) is 64.2 Å². The molecule has 1 heterocycles. The molecule has 0 saturated carbocycles. The smallest absolute Gasteiger partial charge is 0.293 e. The van der Waals surface area contributed by atoms with Crippen LogP contribution in [0.1, 0.15) is 24.8 Å². The van der Waals surface area contributed by atoms with Gasteiger partial charge in [0.1, 0.15) is 5.69 Å². The molecule has 8 nitrogen and oxygen atoms in total. The first-order valence-electron chi connectivity index (χ1n) is 10.0. The molecule has 1 saturated heterocycles. The van der Waals surface area contributed by atoms with Gasteiger partial charge in [-0.15, -0.1) is 0 Å². The quantitative estimate of drug-likeness (QED) is 0.507. The Bertz CT molecular complexity index is 972. The number of hydrogen-bond acceptors (Lipinski definition) is 6. The molecule has 30 heavy (non-hydrogen) atoms. The van der Waals surface area contributed by atoms with Crippen molar-refractivity contribution in [3.8, 4) is 0 Å². The summed E-state index contributed by atoms with van der Waals surface area (Å²) in [7, 11) is -4.11. The fourth-order valence-electron chi connectivity index (χ4n) is 3.68. The van der Waals surface area contributed by atoms with Crippen molar-refractivity contribution in [1.29, 1.82) is 0 Å². The second-order valence-electron chi connectivity index (χ2n) is 7.61. The summed E-state index contributed by atoms with van der Waals surface area (Å²) >= 11 is 0. The number of sulfonamides is 1. The number of para-hydroxylation sites is 2. The maximum absolute atomic E-state index is 13.4. The van der Waals surface area contributed by atoms with Crippen LogP contribution in [0.5, 0.6) is 0 Å². The number of hydrogen-bond donors (Lipinski definition) is 1. The van der Waals surface area contributed by atoms with Crippen molar-refractivity contribution in [3.63, 3.8) is 0 Å². The molecular weight excluding hydrogens is 406 g/mol. The lowest BCUT2D eigenvalue weighted by atomic mass is 10.1. The molecule has 2 aromatic rings. The first-order chi connectivity index (χ1) is 14.3. The standard InChI is InChI=1S/C21H27N3O5S/c1-17-9-11-19(12-10-17)30(28,29)23(20-7-3-4-8-21(20)24(26)27)16-18(25)15-22-13-5-2-6-14-22/h3-4,7-12,18,25H,2,5-6,13-16H2,1H3. The minimum absolute atomic E-state index is 0.0245. The molecular formula is C21H27N3O5S. The number of aliphatic hydroxyl groups is 1. The van der Waals surface area contributed by atoms with E-state index in [2.05, 4.69) is 4.90 Å². The Kier molecular flexibility index (Phi) is 7.06. The summed E-state index contributed by atoms with van der Waals surface area (Å²) < 4.78 is 27.8. The molecule has 3 rings (SSSR count). The number of nitro groups is 1. The summed E-state index contributed by atoms with van der Waals surface area (Å²) in [4.78, 5) is 13.1. The van der Waals surface area contributed by atoms with E-state index in [0.717, 1.165) is 42.2 Å². The van der Waals surface area contributed by atoms with Gasteiger partial charge in [0.15, 0.2) is 0 Å². The number of β-amino-alcohol motifs (C(OH)–C–C–N with tert-alkyl or cyclic N) is 1. The molecule has 1 aliphatic rings. The van der Waals surface area contributed by atoms with Crippen molar-refractivity contribution < 1.29 is 18.4 Å². The zero-order valence-electron chi connectivity index (χ0n) is 17.0.